The quantitative estimate of drug-likeness (QED) is 0.931. The van der Waals surface area contributed by atoms with Crippen molar-refractivity contribution < 1.29 is 13.2 Å². The lowest BCUT2D eigenvalue weighted by Gasteiger charge is -2.10. The maximum absolute atomic E-state index is 11.6. The van der Waals surface area contributed by atoms with Crippen molar-refractivity contribution in [3.63, 3.8) is 0 Å². The van der Waals surface area contributed by atoms with Crippen LogP contribution in [-0.4, -0.2) is 14.7 Å². The molecule has 0 amide bonds. The normalized spacial score (nSPS) is 11.3. The molecule has 0 radical (unpaired) electrons. The fourth-order valence-corrected chi connectivity index (χ4v) is 2.46. The van der Waals surface area contributed by atoms with Gasteiger partial charge >= 0.3 is 0 Å². The topological polar surface area (TPSA) is 69.4 Å². The number of nitrogens with two attached hydrogens (primary N) is 1. The molecule has 0 saturated heterocycles. The molecule has 19 heavy (non-hydrogen) atoms. The number of hydrogen-bond donors (Lipinski definition) is 1. The van der Waals surface area contributed by atoms with E-state index >= 15 is 0 Å². The third-order valence-corrected chi connectivity index (χ3v) is 3.77. The van der Waals surface area contributed by atoms with E-state index in [1.165, 1.54) is 6.07 Å². The van der Waals surface area contributed by atoms with E-state index in [4.69, 9.17) is 10.5 Å². The van der Waals surface area contributed by atoms with Crippen LogP contribution in [0.2, 0.25) is 0 Å². The first kappa shape index (κ1) is 13.6. The maximum atomic E-state index is 11.6. The third-order valence-electron chi connectivity index (χ3n) is 2.64. The molecule has 4 nitrogen and oxygen atoms in total. The van der Waals surface area contributed by atoms with Crippen molar-refractivity contribution in [2.24, 2.45) is 5.73 Å². The van der Waals surface area contributed by atoms with Crippen molar-refractivity contribution in [3.8, 4) is 11.5 Å². The molecule has 0 fully saturated rings. The highest BCUT2D eigenvalue weighted by atomic mass is 32.2. The molecule has 0 heterocycles. The zero-order valence-electron chi connectivity index (χ0n) is 10.5. The van der Waals surface area contributed by atoms with Crippen LogP contribution in [-0.2, 0) is 16.4 Å². The first-order valence-corrected chi connectivity index (χ1v) is 7.66. The Morgan fingerprint density at radius 2 is 1.68 bits per heavy atom. The lowest BCUT2D eigenvalue weighted by Crippen LogP contribution is -2.00. The van der Waals surface area contributed by atoms with Crippen LogP contribution in [0, 0.1) is 0 Å². The van der Waals surface area contributed by atoms with Crippen molar-refractivity contribution >= 4 is 9.84 Å². The van der Waals surface area contributed by atoms with Crippen molar-refractivity contribution in [2.45, 2.75) is 11.4 Å². The fraction of sp³-hybridized carbons (Fsp3) is 0.143. The van der Waals surface area contributed by atoms with Gasteiger partial charge in [0, 0.05) is 12.8 Å². The monoisotopic (exact) mass is 277 g/mol. The average molecular weight is 277 g/mol. The Labute approximate surface area is 112 Å². The van der Waals surface area contributed by atoms with Crippen LogP contribution in [0.3, 0.4) is 0 Å². The molecule has 0 aromatic heterocycles. The molecule has 0 saturated carbocycles. The molecule has 2 aromatic carbocycles. The SMILES string of the molecule is CS(=O)(=O)c1ccccc1Oc1ccc(CN)cc1. The van der Waals surface area contributed by atoms with E-state index in [0.29, 0.717) is 18.0 Å². The van der Waals surface area contributed by atoms with E-state index in [0.717, 1.165) is 11.8 Å². The van der Waals surface area contributed by atoms with E-state index in [-0.39, 0.29) is 4.90 Å². The Bertz CT molecular complexity index is 663. The summed E-state index contributed by atoms with van der Waals surface area (Å²) in [4.78, 5) is 0.179. The second kappa shape index (κ2) is 5.42. The molecule has 0 aliphatic carbocycles. The minimum atomic E-state index is -3.31. The summed E-state index contributed by atoms with van der Waals surface area (Å²) in [5, 5.41) is 0. The maximum Gasteiger partial charge on any atom is 0.179 e. The van der Waals surface area contributed by atoms with E-state index in [1.807, 2.05) is 12.1 Å². The number of para-hydroxylation sites is 1. The number of ether oxygens (including phenoxy) is 1. The fourth-order valence-electron chi connectivity index (χ4n) is 1.66. The molecule has 0 aliphatic rings. The molecule has 5 heteroatoms. The third kappa shape index (κ3) is 3.33. The first-order chi connectivity index (χ1) is 9.00. The number of hydrogen-bond acceptors (Lipinski definition) is 4. The summed E-state index contributed by atoms with van der Waals surface area (Å²) in [5.74, 6) is 0.902. The molecule has 0 unspecified atom stereocenters. The minimum absolute atomic E-state index is 0.179. The molecule has 0 bridgehead atoms. The van der Waals surface area contributed by atoms with Gasteiger partial charge in [-0.25, -0.2) is 8.42 Å². The predicted molar refractivity (Wildman–Crippen MR) is 74.0 cm³/mol. The van der Waals surface area contributed by atoms with Gasteiger partial charge in [0.15, 0.2) is 9.84 Å². The first-order valence-electron chi connectivity index (χ1n) is 5.76. The second-order valence-corrected chi connectivity index (χ2v) is 6.15. The highest BCUT2D eigenvalue weighted by Gasteiger charge is 2.14. The standard InChI is InChI=1S/C14H15NO3S/c1-19(16,17)14-5-3-2-4-13(14)18-12-8-6-11(10-15)7-9-12/h2-9H,10,15H2,1H3. The summed E-state index contributed by atoms with van der Waals surface area (Å²) in [7, 11) is -3.31. The zero-order chi connectivity index (χ0) is 13.9. The van der Waals surface area contributed by atoms with Gasteiger partial charge in [-0.2, -0.15) is 0 Å². The van der Waals surface area contributed by atoms with Gasteiger partial charge in [0.2, 0.25) is 0 Å². The Morgan fingerprint density at radius 3 is 2.26 bits per heavy atom. The van der Waals surface area contributed by atoms with Crippen LogP contribution in [0.4, 0.5) is 0 Å². The van der Waals surface area contributed by atoms with E-state index in [1.54, 1.807) is 30.3 Å². The highest BCUT2D eigenvalue weighted by Crippen LogP contribution is 2.28. The predicted octanol–water partition coefficient (Wildman–Crippen LogP) is 2.34. The molecule has 2 rings (SSSR count). The second-order valence-electron chi connectivity index (χ2n) is 4.17. The molecular weight excluding hydrogens is 262 g/mol. The summed E-state index contributed by atoms with van der Waals surface area (Å²) in [6.45, 7) is 0.459. The Morgan fingerprint density at radius 1 is 1.05 bits per heavy atom. The van der Waals surface area contributed by atoms with Crippen LogP contribution in [0.25, 0.3) is 0 Å². The largest absolute Gasteiger partial charge is 0.456 e. The molecule has 0 atom stereocenters. The Balaban J connectivity index is 2.33. The number of rotatable bonds is 4. The Kier molecular flexibility index (Phi) is 3.87. The van der Waals surface area contributed by atoms with Crippen molar-refractivity contribution in [1.29, 1.82) is 0 Å². The molecular formula is C14H15NO3S. The summed E-state index contributed by atoms with van der Waals surface area (Å²) in [6, 6.07) is 13.8. The van der Waals surface area contributed by atoms with Crippen LogP contribution < -0.4 is 10.5 Å². The molecule has 2 aromatic rings. The average Bonchev–Trinajstić information content (AvgIpc) is 2.39. The number of benzene rings is 2. The van der Waals surface area contributed by atoms with Gasteiger partial charge in [0.1, 0.15) is 16.4 Å². The van der Waals surface area contributed by atoms with Crippen molar-refractivity contribution in [3.05, 3.63) is 54.1 Å². The lowest BCUT2D eigenvalue weighted by molar-refractivity contribution is 0.467. The summed E-state index contributed by atoms with van der Waals surface area (Å²) in [6.07, 6.45) is 1.16. The van der Waals surface area contributed by atoms with Crippen LogP contribution in [0.5, 0.6) is 11.5 Å². The van der Waals surface area contributed by atoms with E-state index in [2.05, 4.69) is 0 Å². The van der Waals surface area contributed by atoms with Gasteiger partial charge in [0.25, 0.3) is 0 Å². The molecule has 0 spiro atoms. The molecule has 2 N–H and O–H groups in total. The van der Waals surface area contributed by atoms with Crippen LogP contribution >= 0.6 is 0 Å². The van der Waals surface area contributed by atoms with E-state index in [9.17, 15) is 8.42 Å². The van der Waals surface area contributed by atoms with Gasteiger partial charge in [-0.05, 0) is 29.8 Å². The van der Waals surface area contributed by atoms with Gasteiger partial charge in [-0.1, -0.05) is 24.3 Å². The van der Waals surface area contributed by atoms with Crippen LogP contribution in [0.1, 0.15) is 5.56 Å². The smallest absolute Gasteiger partial charge is 0.179 e. The molecule has 0 aliphatic heterocycles. The van der Waals surface area contributed by atoms with Crippen molar-refractivity contribution in [2.75, 3.05) is 6.26 Å². The minimum Gasteiger partial charge on any atom is -0.456 e. The summed E-state index contributed by atoms with van der Waals surface area (Å²) in [5.41, 5.74) is 6.50. The zero-order valence-corrected chi connectivity index (χ0v) is 11.4. The Hall–Kier alpha value is -1.85. The van der Waals surface area contributed by atoms with Gasteiger partial charge < -0.3 is 10.5 Å². The molecule has 100 valence electrons. The number of sulfone groups is 1. The van der Waals surface area contributed by atoms with Gasteiger partial charge in [0.05, 0.1) is 0 Å². The van der Waals surface area contributed by atoms with Gasteiger partial charge in [-0.15, -0.1) is 0 Å². The van der Waals surface area contributed by atoms with Crippen LogP contribution in [0.15, 0.2) is 53.4 Å². The lowest BCUT2D eigenvalue weighted by atomic mass is 10.2. The van der Waals surface area contributed by atoms with Crippen molar-refractivity contribution in [1.82, 2.24) is 0 Å². The summed E-state index contributed by atoms with van der Waals surface area (Å²) >= 11 is 0. The summed E-state index contributed by atoms with van der Waals surface area (Å²) < 4.78 is 28.9. The highest BCUT2D eigenvalue weighted by molar-refractivity contribution is 7.90. The van der Waals surface area contributed by atoms with Gasteiger partial charge in [-0.3, -0.25) is 0 Å². The van der Waals surface area contributed by atoms with E-state index < -0.39 is 9.84 Å².